The third-order valence-corrected chi connectivity index (χ3v) is 5.37. The van der Waals surface area contributed by atoms with Gasteiger partial charge in [-0.3, -0.25) is 10.00 Å². The zero-order valence-corrected chi connectivity index (χ0v) is 17.9. The average Bonchev–Trinajstić information content (AvgIpc) is 3.23. The van der Waals surface area contributed by atoms with Crippen molar-refractivity contribution in [2.24, 2.45) is 0 Å². The first-order valence-corrected chi connectivity index (χ1v) is 10.2. The molecule has 152 valence electrons. The highest BCUT2D eigenvalue weighted by Gasteiger charge is 2.27. The third kappa shape index (κ3) is 4.50. The fourth-order valence-electron chi connectivity index (χ4n) is 3.65. The molecule has 5 heteroatoms. The van der Waals surface area contributed by atoms with E-state index in [1.807, 2.05) is 55.3 Å². The van der Waals surface area contributed by atoms with Crippen molar-refractivity contribution in [3.05, 3.63) is 77.1 Å². The van der Waals surface area contributed by atoms with Crippen LogP contribution < -0.4 is 10.2 Å². The number of aromatic nitrogens is 2. The van der Waals surface area contributed by atoms with E-state index in [1.54, 1.807) is 6.20 Å². The number of nitrogens with zero attached hydrogens (tertiary/aromatic N) is 2. The molecule has 2 N–H and O–H groups in total. The molecule has 0 aliphatic carbocycles. The van der Waals surface area contributed by atoms with Crippen molar-refractivity contribution < 1.29 is 4.79 Å². The number of carbonyl (C=O) groups excluding carboxylic acids is 1. The Balaban J connectivity index is 2.01. The molecule has 0 saturated carbocycles. The van der Waals surface area contributed by atoms with E-state index in [1.165, 1.54) is 5.56 Å². The van der Waals surface area contributed by atoms with Crippen LogP contribution in [0.25, 0.3) is 0 Å². The van der Waals surface area contributed by atoms with Crippen molar-refractivity contribution in [1.29, 1.82) is 0 Å². The summed E-state index contributed by atoms with van der Waals surface area (Å²) >= 11 is 0. The number of anilines is 2. The van der Waals surface area contributed by atoms with E-state index in [2.05, 4.69) is 48.4 Å². The van der Waals surface area contributed by atoms with Crippen LogP contribution in [-0.2, 0) is 0 Å². The van der Waals surface area contributed by atoms with Gasteiger partial charge in [0.05, 0.1) is 12.2 Å². The molecule has 0 fully saturated rings. The van der Waals surface area contributed by atoms with Gasteiger partial charge in [0.25, 0.3) is 0 Å². The van der Waals surface area contributed by atoms with Gasteiger partial charge in [0, 0.05) is 23.1 Å². The van der Waals surface area contributed by atoms with Gasteiger partial charge in [0.15, 0.2) is 0 Å². The molecule has 3 rings (SSSR count). The molecule has 0 aliphatic rings. The van der Waals surface area contributed by atoms with Gasteiger partial charge in [0.2, 0.25) is 0 Å². The summed E-state index contributed by atoms with van der Waals surface area (Å²) in [6, 6.07) is 14.0. The monoisotopic (exact) mass is 390 g/mol. The molecule has 2 aromatic carbocycles. The maximum atomic E-state index is 13.5. The first-order chi connectivity index (χ1) is 13.9. The van der Waals surface area contributed by atoms with Crippen LogP contribution >= 0.6 is 0 Å². The highest BCUT2D eigenvalue weighted by molar-refractivity contribution is 6.03. The lowest BCUT2D eigenvalue weighted by Crippen LogP contribution is -2.38. The summed E-state index contributed by atoms with van der Waals surface area (Å²) in [7, 11) is 0. The molecule has 5 nitrogen and oxygen atoms in total. The number of urea groups is 1. The van der Waals surface area contributed by atoms with Crippen LogP contribution in [0.1, 0.15) is 61.4 Å². The van der Waals surface area contributed by atoms with Gasteiger partial charge in [-0.05, 0) is 55.0 Å². The minimum Gasteiger partial charge on any atom is -0.307 e. The van der Waals surface area contributed by atoms with Gasteiger partial charge in [-0.15, -0.1) is 0 Å². The molecule has 1 unspecified atom stereocenters. The average molecular weight is 391 g/mol. The van der Waals surface area contributed by atoms with E-state index in [9.17, 15) is 4.79 Å². The molecule has 0 aliphatic heterocycles. The second-order valence-corrected chi connectivity index (χ2v) is 7.77. The summed E-state index contributed by atoms with van der Waals surface area (Å²) in [6.07, 6.45) is 4.41. The number of rotatable bonds is 6. The third-order valence-electron chi connectivity index (χ3n) is 5.37. The fourth-order valence-corrected chi connectivity index (χ4v) is 3.65. The Morgan fingerprint density at radius 3 is 2.24 bits per heavy atom. The van der Waals surface area contributed by atoms with Crippen molar-refractivity contribution in [2.75, 3.05) is 10.2 Å². The quantitative estimate of drug-likeness (QED) is 0.516. The minimum absolute atomic E-state index is 0.122. The van der Waals surface area contributed by atoms with E-state index in [0.717, 1.165) is 34.5 Å². The largest absolute Gasteiger partial charge is 0.326 e. The maximum absolute atomic E-state index is 13.5. The number of hydrogen-bond acceptors (Lipinski definition) is 2. The SMILES string of the molecule is CCC(c1cn[nH]c1)N(C(=O)Nc1c(C)cccc1C)c1ccc(C(C)C)cc1. The van der Waals surface area contributed by atoms with Crippen LogP contribution in [0.5, 0.6) is 0 Å². The molecule has 29 heavy (non-hydrogen) atoms. The molecule has 0 bridgehead atoms. The lowest BCUT2D eigenvalue weighted by Gasteiger charge is -2.31. The summed E-state index contributed by atoms with van der Waals surface area (Å²) in [6.45, 7) is 10.4. The maximum Gasteiger partial charge on any atom is 0.326 e. The van der Waals surface area contributed by atoms with Crippen LogP contribution in [0.15, 0.2) is 54.9 Å². The van der Waals surface area contributed by atoms with Crippen LogP contribution in [0.4, 0.5) is 16.2 Å². The van der Waals surface area contributed by atoms with Crippen molar-refractivity contribution in [2.45, 2.75) is 53.0 Å². The number of para-hydroxylation sites is 1. The van der Waals surface area contributed by atoms with Gasteiger partial charge in [-0.25, -0.2) is 4.79 Å². The molecular weight excluding hydrogens is 360 g/mol. The molecular formula is C24H30N4O. The predicted molar refractivity (Wildman–Crippen MR) is 120 cm³/mol. The fraction of sp³-hybridized carbons (Fsp3) is 0.333. The Bertz CT molecular complexity index is 925. The summed E-state index contributed by atoms with van der Waals surface area (Å²) in [5.41, 5.74) is 6.06. The topological polar surface area (TPSA) is 61.0 Å². The van der Waals surface area contributed by atoms with Gasteiger partial charge in [-0.1, -0.05) is 51.1 Å². The first-order valence-electron chi connectivity index (χ1n) is 10.2. The lowest BCUT2D eigenvalue weighted by molar-refractivity contribution is 0.254. The standard InChI is InChI=1S/C24H30N4O/c1-6-22(20-14-25-26-15-20)28(21-12-10-19(11-13-21)16(2)3)24(29)27-23-17(4)8-7-9-18(23)5/h7-16,22H,6H2,1-5H3,(H,25,26)(H,27,29). The molecule has 3 aromatic rings. The minimum atomic E-state index is -0.146. The van der Waals surface area contributed by atoms with Gasteiger partial charge >= 0.3 is 6.03 Å². The molecule has 0 radical (unpaired) electrons. The first kappa shape index (κ1) is 20.6. The Morgan fingerprint density at radius 1 is 1.07 bits per heavy atom. The number of aryl methyl sites for hydroxylation is 2. The molecule has 1 heterocycles. The summed E-state index contributed by atoms with van der Waals surface area (Å²) in [5, 5.41) is 10.1. The smallest absolute Gasteiger partial charge is 0.307 e. The highest BCUT2D eigenvalue weighted by Crippen LogP contribution is 2.32. The zero-order chi connectivity index (χ0) is 21.0. The van der Waals surface area contributed by atoms with Crippen molar-refractivity contribution in [3.8, 4) is 0 Å². The normalized spacial score (nSPS) is 12.1. The van der Waals surface area contributed by atoms with Crippen LogP contribution in [0.2, 0.25) is 0 Å². The van der Waals surface area contributed by atoms with Crippen molar-refractivity contribution in [1.82, 2.24) is 10.2 Å². The number of aromatic amines is 1. The van der Waals surface area contributed by atoms with Gasteiger partial charge < -0.3 is 5.32 Å². The van der Waals surface area contributed by atoms with E-state index in [-0.39, 0.29) is 12.1 Å². The number of hydrogen-bond donors (Lipinski definition) is 2. The Hall–Kier alpha value is -3.08. The second kappa shape index (κ2) is 8.95. The Labute approximate surface area is 173 Å². The second-order valence-electron chi connectivity index (χ2n) is 7.77. The van der Waals surface area contributed by atoms with E-state index in [0.29, 0.717) is 5.92 Å². The Kier molecular flexibility index (Phi) is 6.37. The highest BCUT2D eigenvalue weighted by atomic mass is 16.2. The molecule has 1 atom stereocenters. The van der Waals surface area contributed by atoms with Crippen LogP contribution in [-0.4, -0.2) is 16.2 Å². The number of carbonyl (C=O) groups is 1. The summed E-state index contributed by atoms with van der Waals surface area (Å²) < 4.78 is 0. The number of amides is 2. The zero-order valence-electron chi connectivity index (χ0n) is 17.9. The molecule has 1 aromatic heterocycles. The lowest BCUT2D eigenvalue weighted by atomic mass is 10.0. The summed E-state index contributed by atoms with van der Waals surface area (Å²) in [5.74, 6) is 0.441. The van der Waals surface area contributed by atoms with Gasteiger partial charge in [-0.2, -0.15) is 5.10 Å². The van der Waals surface area contributed by atoms with Crippen molar-refractivity contribution >= 4 is 17.4 Å². The summed E-state index contributed by atoms with van der Waals surface area (Å²) in [4.78, 5) is 15.4. The van der Waals surface area contributed by atoms with Crippen LogP contribution in [0.3, 0.4) is 0 Å². The van der Waals surface area contributed by atoms with Crippen LogP contribution in [0, 0.1) is 13.8 Å². The van der Waals surface area contributed by atoms with Gasteiger partial charge in [0.1, 0.15) is 0 Å². The Morgan fingerprint density at radius 2 is 1.72 bits per heavy atom. The number of nitrogens with one attached hydrogen (secondary N) is 2. The van der Waals surface area contributed by atoms with Crippen molar-refractivity contribution in [3.63, 3.8) is 0 Å². The molecule has 0 spiro atoms. The predicted octanol–water partition coefficient (Wildman–Crippen LogP) is 6.34. The number of benzene rings is 2. The molecule has 0 saturated heterocycles. The molecule has 2 amide bonds. The van der Waals surface area contributed by atoms with E-state index < -0.39 is 0 Å². The number of H-pyrrole nitrogens is 1. The van der Waals surface area contributed by atoms with E-state index >= 15 is 0 Å². The van der Waals surface area contributed by atoms with E-state index in [4.69, 9.17) is 0 Å².